The van der Waals surface area contributed by atoms with Crippen LogP contribution in [0.4, 0.5) is 5.69 Å². The maximum Gasteiger partial charge on any atom is 0.227 e. The van der Waals surface area contributed by atoms with Crippen molar-refractivity contribution in [3.05, 3.63) is 89.7 Å². The highest BCUT2D eigenvalue weighted by Gasteiger charge is 2.34. The summed E-state index contributed by atoms with van der Waals surface area (Å²) in [6, 6.07) is 24.6. The van der Waals surface area contributed by atoms with E-state index in [4.69, 9.17) is 9.72 Å². The molecule has 1 fully saturated rings. The third kappa shape index (κ3) is 4.36. The predicted molar refractivity (Wildman–Crippen MR) is 132 cm³/mol. The molecular formula is C28H29N3O2. The Morgan fingerprint density at radius 2 is 1.85 bits per heavy atom. The molecule has 168 valence electrons. The number of benzene rings is 3. The number of hydrogen-bond acceptors (Lipinski definition) is 3. The molecule has 0 bridgehead atoms. The molecule has 0 N–H and O–H groups in total. The lowest BCUT2D eigenvalue weighted by Gasteiger charge is -2.18. The van der Waals surface area contributed by atoms with Crippen LogP contribution in [-0.2, 0) is 17.8 Å². The van der Waals surface area contributed by atoms with Crippen LogP contribution in [0.15, 0.2) is 72.8 Å². The molecule has 0 spiro atoms. The summed E-state index contributed by atoms with van der Waals surface area (Å²) in [5, 5.41) is 0. The molecule has 5 rings (SSSR count). The Bertz CT molecular complexity index is 1280. The highest BCUT2D eigenvalue weighted by atomic mass is 16.5. The largest absolute Gasteiger partial charge is 0.492 e. The van der Waals surface area contributed by atoms with Gasteiger partial charge in [0, 0.05) is 24.6 Å². The molecule has 1 aliphatic rings. The van der Waals surface area contributed by atoms with Gasteiger partial charge < -0.3 is 14.2 Å². The zero-order valence-corrected chi connectivity index (χ0v) is 19.2. The molecule has 1 amide bonds. The van der Waals surface area contributed by atoms with Crippen molar-refractivity contribution in [2.24, 2.45) is 0 Å². The van der Waals surface area contributed by atoms with Gasteiger partial charge in [-0.3, -0.25) is 4.79 Å². The molecule has 0 unspecified atom stereocenters. The Labute approximate surface area is 194 Å². The van der Waals surface area contributed by atoms with Crippen LogP contribution in [0.3, 0.4) is 0 Å². The number of fused-ring (bicyclic) bond motifs is 1. The summed E-state index contributed by atoms with van der Waals surface area (Å²) in [7, 11) is 0. The third-order valence-electron chi connectivity index (χ3n) is 6.40. The van der Waals surface area contributed by atoms with Crippen LogP contribution in [-0.4, -0.2) is 28.6 Å². The number of anilines is 1. The number of ether oxygens (including phenoxy) is 1. The number of carbonyl (C=O) groups excluding carboxylic acids is 1. The quantitative estimate of drug-likeness (QED) is 0.382. The Balaban J connectivity index is 1.38. The SMILES string of the molecule is CCc1ccc(OCCn2c([C@@H]3CC(=O)N(c4cccc(C)c4)C3)nc3ccccc32)cc1. The van der Waals surface area contributed by atoms with Gasteiger partial charge in [0.1, 0.15) is 18.2 Å². The first-order valence-corrected chi connectivity index (χ1v) is 11.7. The fraction of sp³-hybridized carbons (Fsp3) is 0.286. The van der Waals surface area contributed by atoms with Crippen molar-refractivity contribution in [2.45, 2.75) is 39.2 Å². The van der Waals surface area contributed by atoms with Crippen molar-refractivity contribution in [1.29, 1.82) is 0 Å². The molecule has 1 saturated heterocycles. The Hall–Kier alpha value is -3.60. The van der Waals surface area contributed by atoms with Gasteiger partial charge in [0.25, 0.3) is 0 Å². The van der Waals surface area contributed by atoms with Crippen molar-refractivity contribution in [2.75, 3.05) is 18.1 Å². The number of para-hydroxylation sites is 2. The van der Waals surface area contributed by atoms with Gasteiger partial charge in [0.05, 0.1) is 17.6 Å². The average molecular weight is 440 g/mol. The second kappa shape index (κ2) is 9.10. The lowest BCUT2D eigenvalue weighted by atomic mass is 10.1. The van der Waals surface area contributed by atoms with Crippen molar-refractivity contribution < 1.29 is 9.53 Å². The van der Waals surface area contributed by atoms with Crippen LogP contribution in [0.25, 0.3) is 11.0 Å². The predicted octanol–water partition coefficient (Wildman–Crippen LogP) is 5.51. The molecular weight excluding hydrogens is 410 g/mol. The normalized spacial score (nSPS) is 16.0. The molecule has 0 radical (unpaired) electrons. The molecule has 1 aliphatic heterocycles. The summed E-state index contributed by atoms with van der Waals surface area (Å²) in [6.07, 6.45) is 1.49. The Morgan fingerprint density at radius 3 is 2.64 bits per heavy atom. The van der Waals surface area contributed by atoms with Crippen LogP contribution >= 0.6 is 0 Å². The smallest absolute Gasteiger partial charge is 0.227 e. The topological polar surface area (TPSA) is 47.4 Å². The number of carbonyl (C=O) groups is 1. The summed E-state index contributed by atoms with van der Waals surface area (Å²) in [5.41, 5.74) is 5.46. The maximum atomic E-state index is 12.9. The summed E-state index contributed by atoms with van der Waals surface area (Å²) in [4.78, 5) is 19.8. The van der Waals surface area contributed by atoms with Gasteiger partial charge in [-0.2, -0.15) is 0 Å². The molecule has 0 aliphatic carbocycles. The molecule has 3 aromatic carbocycles. The molecule has 1 atom stereocenters. The number of hydrogen-bond donors (Lipinski definition) is 0. The first kappa shape index (κ1) is 21.3. The number of aryl methyl sites for hydroxylation is 2. The van der Waals surface area contributed by atoms with E-state index >= 15 is 0 Å². The van der Waals surface area contributed by atoms with Gasteiger partial charge in [-0.05, 0) is 60.9 Å². The van der Waals surface area contributed by atoms with Crippen molar-refractivity contribution >= 4 is 22.6 Å². The maximum absolute atomic E-state index is 12.9. The van der Waals surface area contributed by atoms with Gasteiger partial charge in [-0.25, -0.2) is 4.98 Å². The fourth-order valence-corrected chi connectivity index (χ4v) is 4.64. The third-order valence-corrected chi connectivity index (χ3v) is 6.40. The van der Waals surface area contributed by atoms with Crippen LogP contribution in [0.1, 0.15) is 36.2 Å². The monoisotopic (exact) mass is 439 g/mol. The van der Waals surface area contributed by atoms with Gasteiger partial charge in [0.2, 0.25) is 5.91 Å². The van der Waals surface area contributed by atoms with Gasteiger partial charge in [-0.15, -0.1) is 0 Å². The number of aromatic nitrogens is 2. The minimum Gasteiger partial charge on any atom is -0.492 e. The first-order valence-electron chi connectivity index (χ1n) is 11.7. The van der Waals surface area contributed by atoms with Crippen LogP contribution in [0, 0.1) is 6.92 Å². The fourth-order valence-electron chi connectivity index (χ4n) is 4.64. The molecule has 1 aromatic heterocycles. The van der Waals surface area contributed by atoms with Gasteiger partial charge in [-0.1, -0.05) is 43.3 Å². The van der Waals surface area contributed by atoms with E-state index in [-0.39, 0.29) is 11.8 Å². The first-order chi connectivity index (χ1) is 16.1. The van der Waals surface area contributed by atoms with Crippen LogP contribution < -0.4 is 9.64 Å². The van der Waals surface area contributed by atoms with E-state index in [9.17, 15) is 4.79 Å². The molecule has 0 saturated carbocycles. The number of rotatable bonds is 7. The highest BCUT2D eigenvalue weighted by molar-refractivity contribution is 5.96. The van der Waals surface area contributed by atoms with E-state index < -0.39 is 0 Å². The zero-order valence-electron chi connectivity index (χ0n) is 19.2. The van der Waals surface area contributed by atoms with Crippen molar-refractivity contribution in [3.8, 4) is 5.75 Å². The summed E-state index contributed by atoms with van der Waals surface area (Å²) < 4.78 is 8.27. The van der Waals surface area contributed by atoms with Crippen LogP contribution in [0.5, 0.6) is 5.75 Å². The lowest BCUT2D eigenvalue weighted by molar-refractivity contribution is -0.117. The molecule has 33 heavy (non-hydrogen) atoms. The second-order valence-corrected chi connectivity index (χ2v) is 8.70. The number of nitrogens with zero attached hydrogens (tertiary/aromatic N) is 3. The average Bonchev–Trinajstić information content (AvgIpc) is 3.40. The molecule has 5 nitrogen and oxygen atoms in total. The van der Waals surface area contributed by atoms with E-state index in [1.807, 2.05) is 47.4 Å². The van der Waals surface area contributed by atoms with E-state index in [1.165, 1.54) is 5.56 Å². The van der Waals surface area contributed by atoms with E-state index in [1.54, 1.807) is 0 Å². The van der Waals surface area contributed by atoms with Crippen LogP contribution in [0.2, 0.25) is 0 Å². The van der Waals surface area contributed by atoms with Crippen molar-refractivity contribution in [1.82, 2.24) is 9.55 Å². The molecule has 2 heterocycles. The minimum atomic E-state index is 0.0502. The minimum absolute atomic E-state index is 0.0502. The van der Waals surface area contributed by atoms with Gasteiger partial charge >= 0.3 is 0 Å². The second-order valence-electron chi connectivity index (χ2n) is 8.70. The molecule has 5 heteroatoms. The number of imidazole rings is 1. The standard InChI is InChI=1S/C28H29N3O2/c1-3-21-11-13-24(14-12-21)33-16-15-30-26-10-5-4-9-25(26)29-28(30)22-18-27(32)31(19-22)23-8-6-7-20(2)17-23/h4-14,17,22H,3,15-16,18-19H2,1-2H3/t22-/m1/s1. The Kier molecular flexibility index (Phi) is 5.86. The highest BCUT2D eigenvalue weighted by Crippen LogP contribution is 2.33. The van der Waals surface area contributed by atoms with Gasteiger partial charge in [0.15, 0.2) is 0 Å². The summed E-state index contributed by atoms with van der Waals surface area (Å²) in [6.45, 7) is 6.07. The van der Waals surface area contributed by atoms with E-state index in [2.05, 4.69) is 48.7 Å². The zero-order chi connectivity index (χ0) is 22.8. The Morgan fingerprint density at radius 1 is 1.03 bits per heavy atom. The van der Waals surface area contributed by atoms with Crippen molar-refractivity contribution in [3.63, 3.8) is 0 Å². The molecule has 4 aromatic rings. The van der Waals surface area contributed by atoms with E-state index in [0.717, 1.165) is 40.3 Å². The lowest BCUT2D eigenvalue weighted by Crippen LogP contribution is -2.24. The summed E-state index contributed by atoms with van der Waals surface area (Å²) >= 11 is 0. The van der Waals surface area contributed by atoms with E-state index in [0.29, 0.717) is 26.1 Å². The number of amides is 1. The summed E-state index contributed by atoms with van der Waals surface area (Å²) in [5.74, 6) is 2.04.